The van der Waals surface area contributed by atoms with E-state index in [9.17, 15) is 10.2 Å². The van der Waals surface area contributed by atoms with E-state index in [2.05, 4.69) is 0 Å². The molecule has 1 saturated carbocycles. The lowest BCUT2D eigenvalue weighted by Gasteiger charge is -2.24. The van der Waals surface area contributed by atoms with Crippen LogP contribution in [0, 0.1) is 0 Å². The fourth-order valence-electron chi connectivity index (χ4n) is 2.83. The summed E-state index contributed by atoms with van der Waals surface area (Å²) in [7, 11) is 0. The summed E-state index contributed by atoms with van der Waals surface area (Å²) < 4.78 is 0. The monoisotopic (exact) mass is 176 g/mol. The topological polar surface area (TPSA) is 40.5 Å². The van der Waals surface area contributed by atoms with Crippen LogP contribution in [0.3, 0.4) is 0 Å². The van der Waals surface area contributed by atoms with Gasteiger partial charge < -0.3 is 10.2 Å². The second-order valence-corrected chi connectivity index (χ2v) is 4.29. The van der Waals surface area contributed by atoms with Crippen molar-refractivity contribution in [2.24, 2.45) is 0 Å². The van der Waals surface area contributed by atoms with Crippen molar-refractivity contribution in [1.29, 1.82) is 0 Å². The fraction of sp³-hybridized carbons (Fsp3) is 0.455. The van der Waals surface area contributed by atoms with E-state index in [4.69, 9.17) is 0 Å². The Morgan fingerprint density at radius 1 is 0.923 bits per heavy atom. The fourth-order valence-corrected chi connectivity index (χ4v) is 2.83. The minimum atomic E-state index is -0.745. The van der Waals surface area contributed by atoms with E-state index in [-0.39, 0.29) is 0 Å². The Balaban J connectivity index is 2.31. The zero-order chi connectivity index (χ0) is 9.10. The first-order chi connectivity index (χ1) is 6.14. The van der Waals surface area contributed by atoms with Crippen LogP contribution < -0.4 is 0 Å². The van der Waals surface area contributed by atoms with E-state index in [0.717, 1.165) is 11.1 Å². The van der Waals surface area contributed by atoms with Crippen molar-refractivity contribution in [3.05, 3.63) is 35.4 Å². The third kappa shape index (κ3) is 0.754. The van der Waals surface area contributed by atoms with Gasteiger partial charge in [-0.2, -0.15) is 0 Å². The molecule has 2 aliphatic rings. The summed E-state index contributed by atoms with van der Waals surface area (Å²) in [6.45, 7) is 0. The molecule has 0 radical (unpaired) electrons. The molecule has 0 aromatic heterocycles. The number of hydrogen-bond acceptors (Lipinski definition) is 2. The molecule has 0 aliphatic heterocycles. The van der Waals surface area contributed by atoms with Gasteiger partial charge in [-0.25, -0.2) is 0 Å². The first-order valence-corrected chi connectivity index (χ1v) is 4.69. The molecule has 2 atom stereocenters. The number of aliphatic hydroxyl groups is 2. The molecular weight excluding hydrogens is 164 g/mol. The van der Waals surface area contributed by atoms with Gasteiger partial charge >= 0.3 is 0 Å². The maximum Gasteiger partial charge on any atom is 0.0932 e. The SMILES string of the molecule is OC12CCC(O)(C1)c1ccccc12. The molecule has 1 aromatic rings. The Kier molecular flexibility index (Phi) is 1.14. The lowest BCUT2D eigenvalue weighted by atomic mass is 9.87. The van der Waals surface area contributed by atoms with Gasteiger partial charge in [-0.3, -0.25) is 0 Å². The van der Waals surface area contributed by atoms with E-state index in [0.29, 0.717) is 19.3 Å². The van der Waals surface area contributed by atoms with Crippen molar-refractivity contribution < 1.29 is 10.2 Å². The van der Waals surface area contributed by atoms with Gasteiger partial charge in [-0.05, 0) is 24.0 Å². The Morgan fingerprint density at radius 3 is 1.85 bits per heavy atom. The van der Waals surface area contributed by atoms with Crippen molar-refractivity contribution in [3.8, 4) is 0 Å². The highest BCUT2D eigenvalue weighted by Crippen LogP contribution is 2.57. The van der Waals surface area contributed by atoms with Crippen LogP contribution in [0.25, 0.3) is 0 Å². The van der Waals surface area contributed by atoms with Crippen molar-refractivity contribution in [2.45, 2.75) is 30.5 Å². The maximum absolute atomic E-state index is 10.2. The largest absolute Gasteiger partial charge is 0.385 e. The van der Waals surface area contributed by atoms with Gasteiger partial charge in [-0.15, -0.1) is 0 Å². The van der Waals surface area contributed by atoms with E-state index in [1.807, 2.05) is 24.3 Å². The summed E-state index contributed by atoms with van der Waals surface area (Å²) in [5.74, 6) is 0. The minimum Gasteiger partial charge on any atom is -0.385 e. The molecule has 2 N–H and O–H groups in total. The zero-order valence-corrected chi connectivity index (χ0v) is 7.33. The highest BCUT2D eigenvalue weighted by atomic mass is 16.3. The van der Waals surface area contributed by atoms with Gasteiger partial charge in [0.2, 0.25) is 0 Å². The molecule has 2 nitrogen and oxygen atoms in total. The van der Waals surface area contributed by atoms with Crippen LogP contribution in [0.15, 0.2) is 24.3 Å². The second-order valence-electron chi connectivity index (χ2n) is 4.29. The molecule has 2 unspecified atom stereocenters. The van der Waals surface area contributed by atoms with Crippen LogP contribution in [0.4, 0.5) is 0 Å². The van der Waals surface area contributed by atoms with Crippen LogP contribution in [0.5, 0.6) is 0 Å². The van der Waals surface area contributed by atoms with Crippen LogP contribution >= 0.6 is 0 Å². The summed E-state index contributed by atoms with van der Waals surface area (Å²) >= 11 is 0. The molecule has 68 valence electrons. The quantitative estimate of drug-likeness (QED) is 0.624. The molecule has 1 fully saturated rings. The third-order valence-corrected chi connectivity index (χ3v) is 3.47. The van der Waals surface area contributed by atoms with E-state index < -0.39 is 11.2 Å². The highest BCUT2D eigenvalue weighted by Gasteiger charge is 2.56. The standard InChI is InChI=1S/C11H12O2/c12-10-5-6-11(13,7-10)9-4-2-1-3-8(9)10/h1-4,12-13H,5-7H2. The Morgan fingerprint density at radius 2 is 1.38 bits per heavy atom. The molecule has 1 aromatic carbocycles. The lowest BCUT2D eigenvalue weighted by molar-refractivity contribution is 0.0132. The van der Waals surface area contributed by atoms with Gasteiger partial charge in [0.15, 0.2) is 0 Å². The van der Waals surface area contributed by atoms with Crippen molar-refractivity contribution >= 4 is 0 Å². The molecule has 2 heteroatoms. The lowest BCUT2D eigenvalue weighted by Crippen LogP contribution is -2.20. The average molecular weight is 176 g/mol. The molecule has 3 rings (SSSR count). The molecule has 13 heavy (non-hydrogen) atoms. The molecule has 0 spiro atoms. The van der Waals surface area contributed by atoms with Gasteiger partial charge in [0.25, 0.3) is 0 Å². The summed E-state index contributed by atoms with van der Waals surface area (Å²) in [5, 5.41) is 20.4. The molecular formula is C11H12O2. The Labute approximate surface area is 76.8 Å². The predicted octanol–water partition coefficient (Wildman–Crippen LogP) is 1.26. The van der Waals surface area contributed by atoms with E-state index in [1.165, 1.54) is 0 Å². The first kappa shape index (κ1) is 7.54. The van der Waals surface area contributed by atoms with Crippen molar-refractivity contribution in [1.82, 2.24) is 0 Å². The second kappa shape index (κ2) is 1.97. The van der Waals surface area contributed by atoms with Gasteiger partial charge in [0, 0.05) is 6.42 Å². The summed E-state index contributed by atoms with van der Waals surface area (Å²) in [6.07, 6.45) is 1.88. The number of hydrogen-bond donors (Lipinski definition) is 2. The van der Waals surface area contributed by atoms with Gasteiger partial charge in [0.05, 0.1) is 11.2 Å². The third-order valence-electron chi connectivity index (χ3n) is 3.47. The van der Waals surface area contributed by atoms with Crippen molar-refractivity contribution in [2.75, 3.05) is 0 Å². The molecule has 2 bridgehead atoms. The maximum atomic E-state index is 10.2. The zero-order valence-electron chi connectivity index (χ0n) is 7.33. The predicted molar refractivity (Wildman–Crippen MR) is 48.1 cm³/mol. The molecule has 2 aliphatic carbocycles. The van der Waals surface area contributed by atoms with Gasteiger partial charge in [-0.1, -0.05) is 24.3 Å². The average Bonchev–Trinajstić information content (AvgIpc) is 2.55. The first-order valence-electron chi connectivity index (χ1n) is 4.69. The molecule has 0 amide bonds. The van der Waals surface area contributed by atoms with Crippen LogP contribution in [-0.2, 0) is 11.2 Å². The Bertz CT molecular complexity index is 339. The van der Waals surface area contributed by atoms with Crippen molar-refractivity contribution in [3.63, 3.8) is 0 Å². The molecule has 0 heterocycles. The van der Waals surface area contributed by atoms with Crippen LogP contribution in [-0.4, -0.2) is 10.2 Å². The highest BCUT2D eigenvalue weighted by molar-refractivity contribution is 5.45. The smallest absolute Gasteiger partial charge is 0.0932 e. The molecule has 0 saturated heterocycles. The van der Waals surface area contributed by atoms with E-state index >= 15 is 0 Å². The Hall–Kier alpha value is -0.860. The number of rotatable bonds is 0. The van der Waals surface area contributed by atoms with E-state index in [1.54, 1.807) is 0 Å². The minimum absolute atomic E-state index is 0.485. The van der Waals surface area contributed by atoms with Crippen LogP contribution in [0.1, 0.15) is 30.4 Å². The summed E-state index contributed by atoms with van der Waals surface area (Å²) in [4.78, 5) is 0. The van der Waals surface area contributed by atoms with Gasteiger partial charge in [0.1, 0.15) is 0 Å². The number of fused-ring (bicyclic) bond motifs is 5. The summed E-state index contributed by atoms with van der Waals surface area (Å²) in [6, 6.07) is 7.68. The van der Waals surface area contributed by atoms with Crippen LogP contribution in [0.2, 0.25) is 0 Å². The summed E-state index contributed by atoms with van der Waals surface area (Å²) in [5.41, 5.74) is 0.379. The normalized spacial score (nSPS) is 40.8. The number of benzene rings is 1.